The zero-order valence-electron chi connectivity index (χ0n) is 17.2. The first-order chi connectivity index (χ1) is 15.6. The van der Waals surface area contributed by atoms with Gasteiger partial charge in [-0.15, -0.1) is 0 Å². The van der Waals surface area contributed by atoms with Gasteiger partial charge in [-0.2, -0.15) is 14.6 Å². The van der Waals surface area contributed by atoms with Crippen LogP contribution in [0.4, 0.5) is 5.13 Å². The number of ether oxygens (including phenoxy) is 1. The second-order valence-corrected chi connectivity index (χ2v) is 10.2. The zero-order valence-corrected chi connectivity index (χ0v) is 20.4. The molecule has 0 saturated heterocycles. The molecule has 0 radical (unpaired) electrons. The molecule has 0 fully saturated rings. The first-order valence-corrected chi connectivity index (χ1v) is 12.6. The number of hydrogen-bond acceptors (Lipinski definition) is 9. The van der Waals surface area contributed by atoms with Crippen LogP contribution in [0.3, 0.4) is 0 Å². The summed E-state index contributed by atoms with van der Waals surface area (Å²) in [6.45, 7) is 1.87. The Bertz CT molecular complexity index is 1420. The molecule has 12 heteroatoms. The number of halogens is 1. The van der Waals surface area contributed by atoms with Crippen molar-refractivity contribution in [3.8, 4) is 11.8 Å². The summed E-state index contributed by atoms with van der Waals surface area (Å²) in [6.07, 6.45) is 2.27. The summed E-state index contributed by atoms with van der Waals surface area (Å²) in [4.78, 5) is 28.5. The average Bonchev–Trinajstić information content (AvgIpc) is 3.22. The molecule has 0 atom stereocenters. The van der Waals surface area contributed by atoms with E-state index in [1.54, 1.807) is 36.4 Å². The second-order valence-electron chi connectivity index (χ2n) is 6.73. The van der Waals surface area contributed by atoms with Gasteiger partial charge in [-0.05, 0) is 58.8 Å². The molecular formula is C21H15BrN4O5S2. The number of nitrogens with one attached hydrogen (secondary N) is 1. The Morgan fingerprint density at radius 3 is 2.61 bits per heavy atom. The molecule has 0 bridgehead atoms. The lowest BCUT2D eigenvalue weighted by molar-refractivity contribution is -0.112. The van der Waals surface area contributed by atoms with Gasteiger partial charge in [0.1, 0.15) is 17.4 Å². The van der Waals surface area contributed by atoms with Gasteiger partial charge in [0.25, 0.3) is 11.1 Å². The Morgan fingerprint density at radius 2 is 2.00 bits per heavy atom. The van der Waals surface area contributed by atoms with Crippen LogP contribution in [-0.4, -0.2) is 35.9 Å². The van der Waals surface area contributed by atoms with E-state index in [4.69, 9.17) is 4.74 Å². The third-order valence-electron chi connectivity index (χ3n) is 4.05. The maximum atomic E-state index is 12.4. The van der Waals surface area contributed by atoms with Crippen molar-refractivity contribution in [3.05, 3.63) is 69.2 Å². The summed E-state index contributed by atoms with van der Waals surface area (Å²) in [5, 5.41) is 11.3. The van der Waals surface area contributed by atoms with E-state index in [0.29, 0.717) is 27.1 Å². The number of sulfone groups is 1. The van der Waals surface area contributed by atoms with Gasteiger partial charge < -0.3 is 4.74 Å². The fourth-order valence-corrected chi connectivity index (χ4v) is 4.43. The van der Waals surface area contributed by atoms with Gasteiger partial charge in [-0.1, -0.05) is 23.8 Å². The van der Waals surface area contributed by atoms with E-state index in [0.717, 1.165) is 11.8 Å². The molecule has 0 aliphatic rings. The van der Waals surface area contributed by atoms with Crippen molar-refractivity contribution in [2.75, 3.05) is 11.6 Å². The predicted molar refractivity (Wildman–Crippen MR) is 126 cm³/mol. The molecule has 1 N–H and O–H groups in total. The standard InChI is InChI=1S/C21H15BrN4O5S2/c1-12-4-3-5-14(8-12)19(28)31-17-7-6-13(10-16(17)22)9-15(11-23)18(27)24-20-25-21(26-32-20)33(2,29)30/h3-10H,1-2H3,(H,24,25,26,27)/b15-9-. The van der Waals surface area contributed by atoms with Crippen LogP contribution in [-0.2, 0) is 14.6 Å². The number of anilines is 1. The zero-order chi connectivity index (χ0) is 24.2. The number of hydrogen-bond donors (Lipinski definition) is 1. The summed E-state index contributed by atoms with van der Waals surface area (Å²) in [6, 6.07) is 13.4. The van der Waals surface area contributed by atoms with Gasteiger partial charge in [0.15, 0.2) is 0 Å². The van der Waals surface area contributed by atoms with Gasteiger partial charge in [-0.3, -0.25) is 10.1 Å². The normalized spacial score (nSPS) is 11.5. The number of rotatable bonds is 6. The van der Waals surface area contributed by atoms with Gasteiger partial charge >= 0.3 is 5.97 Å². The second kappa shape index (κ2) is 10.0. The SMILES string of the molecule is Cc1cccc(C(=O)Oc2ccc(/C=C(/C#N)C(=O)Nc3nc(S(C)(=O)=O)ns3)cc2Br)c1. The smallest absolute Gasteiger partial charge is 0.343 e. The number of benzene rings is 2. The van der Waals surface area contributed by atoms with Crippen LogP contribution in [0.1, 0.15) is 21.5 Å². The van der Waals surface area contributed by atoms with Gasteiger partial charge in [-0.25, -0.2) is 13.2 Å². The maximum Gasteiger partial charge on any atom is 0.343 e. The molecule has 1 amide bonds. The largest absolute Gasteiger partial charge is 0.422 e. The fraction of sp³-hybridized carbons (Fsp3) is 0.0952. The Balaban J connectivity index is 1.75. The summed E-state index contributed by atoms with van der Waals surface area (Å²) in [5.41, 5.74) is 1.57. The quantitative estimate of drug-likeness (QED) is 0.213. The van der Waals surface area contributed by atoms with Crippen molar-refractivity contribution < 1.29 is 22.7 Å². The third-order valence-corrected chi connectivity index (χ3v) is 6.26. The Morgan fingerprint density at radius 1 is 1.24 bits per heavy atom. The van der Waals surface area contributed by atoms with Crippen LogP contribution < -0.4 is 10.1 Å². The molecule has 2 aromatic carbocycles. The molecule has 3 rings (SSSR count). The van der Waals surface area contributed by atoms with Crippen LogP contribution >= 0.6 is 27.5 Å². The summed E-state index contributed by atoms with van der Waals surface area (Å²) < 4.78 is 32.4. The van der Waals surface area contributed by atoms with Gasteiger partial charge in [0.2, 0.25) is 15.0 Å². The number of nitrogens with zero attached hydrogens (tertiary/aromatic N) is 3. The minimum atomic E-state index is -3.61. The van der Waals surface area contributed by atoms with Gasteiger partial charge in [0, 0.05) is 17.8 Å². The van der Waals surface area contributed by atoms with E-state index in [1.807, 2.05) is 13.0 Å². The van der Waals surface area contributed by atoms with Crippen molar-refractivity contribution in [2.24, 2.45) is 0 Å². The highest BCUT2D eigenvalue weighted by Gasteiger charge is 2.18. The molecule has 1 heterocycles. The van der Waals surface area contributed by atoms with Crippen LogP contribution in [0.5, 0.6) is 5.75 Å². The first kappa shape index (κ1) is 24.2. The Labute approximate surface area is 202 Å². The molecule has 0 saturated carbocycles. The Hall–Kier alpha value is -3.40. The highest BCUT2D eigenvalue weighted by molar-refractivity contribution is 9.10. The van der Waals surface area contributed by atoms with Crippen LogP contribution in [0.15, 0.2) is 57.7 Å². The van der Waals surface area contributed by atoms with Crippen molar-refractivity contribution >= 4 is 60.4 Å². The molecule has 9 nitrogen and oxygen atoms in total. The van der Waals surface area contributed by atoms with Crippen LogP contribution in [0, 0.1) is 18.3 Å². The monoisotopic (exact) mass is 546 g/mol. The Kier molecular flexibility index (Phi) is 7.37. The number of carbonyl (C=O) groups excluding carboxylic acids is 2. The predicted octanol–water partition coefficient (Wildman–Crippen LogP) is 3.78. The van der Waals surface area contributed by atoms with Gasteiger partial charge in [0.05, 0.1) is 10.0 Å². The minimum absolute atomic E-state index is 0.0545. The molecule has 0 aliphatic carbocycles. The van der Waals surface area contributed by atoms with Crippen molar-refractivity contribution in [1.29, 1.82) is 5.26 Å². The van der Waals surface area contributed by atoms with E-state index in [1.165, 1.54) is 12.1 Å². The molecular weight excluding hydrogens is 532 g/mol. The maximum absolute atomic E-state index is 12.4. The lowest BCUT2D eigenvalue weighted by Gasteiger charge is -2.08. The first-order valence-electron chi connectivity index (χ1n) is 9.12. The van der Waals surface area contributed by atoms with Crippen molar-refractivity contribution in [2.45, 2.75) is 12.1 Å². The third kappa shape index (κ3) is 6.32. The van der Waals surface area contributed by atoms with E-state index in [9.17, 15) is 23.3 Å². The van der Waals surface area contributed by atoms with E-state index in [-0.39, 0.29) is 16.5 Å². The van der Waals surface area contributed by atoms with Crippen molar-refractivity contribution in [3.63, 3.8) is 0 Å². The van der Waals surface area contributed by atoms with Crippen LogP contribution in [0.25, 0.3) is 6.08 Å². The molecule has 1 aromatic heterocycles. The topological polar surface area (TPSA) is 139 Å². The molecule has 0 spiro atoms. The summed E-state index contributed by atoms with van der Waals surface area (Å²) >= 11 is 4.01. The lowest BCUT2D eigenvalue weighted by atomic mass is 10.1. The molecule has 0 aliphatic heterocycles. The number of esters is 1. The highest BCUT2D eigenvalue weighted by atomic mass is 79.9. The van der Waals surface area contributed by atoms with E-state index >= 15 is 0 Å². The highest BCUT2D eigenvalue weighted by Crippen LogP contribution is 2.28. The minimum Gasteiger partial charge on any atom is -0.422 e. The summed E-state index contributed by atoms with van der Waals surface area (Å²) in [5.74, 6) is -1.03. The number of carbonyl (C=O) groups is 2. The van der Waals surface area contributed by atoms with Crippen LogP contribution in [0.2, 0.25) is 0 Å². The molecule has 3 aromatic rings. The fourth-order valence-electron chi connectivity index (χ4n) is 2.51. The average molecular weight is 547 g/mol. The number of aromatic nitrogens is 2. The number of amides is 1. The van der Waals surface area contributed by atoms with Crippen molar-refractivity contribution in [1.82, 2.24) is 9.36 Å². The van der Waals surface area contributed by atoms with E-state index < -0.39 is 26.9 Å². The number of aryl methyl sites for hydroxylation is 1. The molecule has 0 unspecified atom stereocenters. The number of nitriles is 1. The summed E-state index contributed by atoms with van der Waals surface area (Å²) in [7, 11) is -3.61. The lowest BCUT2D eigenvalue weighted by Crippen LogP contribution is -2.13. The molecule has 33 heavy (non-hydrogen) atoms. The van der Waals surface area contributed by atoms with E-state index in [2.05, 4.69) is 30.6 Å². The molecule has 168 valence electrons.